The fourth-order valence-corrected chi connectivity index (χ4v) is 4.84. The molecule has 1 atom stereocenters. The van der Waals surface area contributed by atoms with Gasteiger partial charge in [0, 0.05) is 34.4 Å². The van der Waals surface area contributed by atoms with Crippen molar-refractivity contribution < 1.29 is 23.1 Å². The van der Waals surface area contributed by atoms with Crippen LogP contribution in [-0.2, 0) is 9.53 Å². The van der Waals surface area contributed by atoms with Crippen LogP contribution in [0.4, 0.5) is 8.78 Å². The lowest BCUT2D eigenvalue weighted by Gasteiger charge is -2.29. The van der Waals surface area contributed by atoms with E-state index in [2.05, 4.69) is 26.2 Å². The molecule has 0 aliphatic carbocycles. The highest BCUT2D eigenvalue weighted by Crippen LogP contribution is 2.37. The zero-order valence-electron chi connectivity index (χ0n) is 19.3. The van der Waals surface area contributed by atoms with Crippen LogP contribution in [0.2, 0.25) is 0 Å². The molecule has 2 aromatic carbocycles. The van der Waals surface area contributed by atoms with E-state index in [-0.39, 0.29) is 24.6 Å². The largest absolute Gasteiger partial charge is 0.463 e. The van der Waals surface area contributed by atoms with Crippen molar-refractivity contribution >= 4 is 45.0 Å². The van der Waals surface area contributed by atoms with E-state index in [1.54, 1.807) is 31.6 Å². The third-order valence-electron chi connectivity index (χ3n) is 5.35. The zero-order chi connectivity index (χ0) is 25.8. The first-order valence-corrected chi connectivity index (χ1v) is 12.6. The molecule has 1 aliphatic heterocycles. The molecule has 36 heavy (non-hydrogen) atoms. The standard InChI is InChI=1S/C25H21BrF2N4O3S/c1-3-35-25(34)20-19(13-32(2)24(33)14-4-6-15(27)7-5-14)30-22(23-29-10-11-36-23)31-21(20)17-9-8-16(28)12-18(17)26/h4-12,21H,3,13H2,1-2H3,(H,30,31). The summed E-state index contributed by atoms with van der Waals surface area (Å²) in [7, 11) is 1.57. The smallest absolute Gasteiger partial charge is 0.338 e. The van der Waals surface area contributed by atoms with E-state index in [1.165, 1.54) is 52.6 Å². The van der Waals surface area contributed by atoms with E-state index in [9.17, 15) is 18.4 Å². The minimum absolute atomic E-state index is 0.00985. The molecule has 7 nitrogen and oxygen atoms in total. The summed E-state index contributed by atoms with van der Waals surface area (Å²) in [5.74, 6) is -1.49. The Morgan fingerprint density at radius 2 is 1.89 bits per heavy atom. The minimum atomic E-state index is -0.858. The highest BCUT2D eigenvalue weighted by molar-refractivity contribution is 9.10. The van der Waals surface area contributed by atoms with E-state index in [0.29, 0.717) is 32.1 Å². The third kappa shape index (κ3) is 5.52. The number of rotatable bonds is 7. The number of aliphatic imine (C=N–C) groups is 1. The van der Waals surface area contributed by atoms with E-state index in [0.717, 1.165) is 0 Å². The second-order valence-electron chi connectivity index (χ2n) is 7.79. The molecule has 1 aromatic heterocycles. The van der Waals surface area contributed by atoms with Crippen LogP contribution in [0.3, 0.4) is 0 Å². The number of amides is 1. The van der Waals surface area contributed by atoms with Gasteiger partial charge in [-0.25, -0.2) is 18.6 Å². The van der Waals surface area contributed by atoms with Crippen molar-refractivity contribution in [2.45, 2.75) is 13.0 Å². The number of nitrogens with one attached hydrogen (secondary N) is 1. The van der Waals surface area contributed by atoms with Gasteiger partial charge in [0.05, 0.1) is 18.7 Å². The van der Waals surface area contributed by atoms with Crippen molar-refractivity contribution in [2.75, 3.05) is 20.2 Å². The summed E-state index contributed by atoms with van der Waals surface area (Å²) in [5.41, 5.74) is 1.40. The van der Waals surface area contributed by atoms with Gasteiger partial charge in [-0.15, -0.1) is 11.3 Å². The Balaban J connectivity index is 1.79. The molecule has 1 amide bonds. The Bertz CT molecular complexity index is 1340. The number of carbonyl (C=O) groups is 2. The van der Waals surface area contributed by atoms with Gasteiger partial charge in [-0.3, -0.25) is 9.79 Å². The van der Waals surface area contributed by atoms with Gasteiger partial charge in [0.25, 0.3) is 5.91 Å². The number of carbonyl (C=O) groups excluding carboxylic acids is 2. The van der Waals surface area contributed by atoms with Gasteiger partial charge >= 0.3 is 5.97 Å². The minimum Gasteiger partial charge on any atom is -0.463 e. The first kappa shape index (κ1) is 25.6. The molecule has 0 bridgehead atoms. The number of aromatic nitrogens is 1. The topological polar surface area (TPSA) is 83.9 Å². The van der Waals surface area contributed by atoms with Crippen molar-refractivity contribution in [1.29, 1.82) is 0 Å². The molecule has 1 aliphatic rings. The van der Waals surface area contributed by atoms with E-state index >= 15 is 0 Å². The molecule has 11 heteroatoms. The quantitative estimate of drug-likeness (QED) is 0.407. The molecule has 0 saturated carbocycles. The molecule has 0 radical (unpaired) electrons. The fraction of sp³-hybridized carbons (Fsp3) is 0.200. The molecular weight excluding hydrogens is 554 g/mol. The monoisotopic (exact) mass is 574 g/mol. The van der Waals surface area contributed by atoms with Crippen molar-refractivity contribution in [1.82, 2.24) is 15.2 Å². The van der Waals surface area contributed by atoms with Gasteiger partial charge in [-0.05, 0) is 48.9 Å². The molecule has 2 heterocycles. The first-order chi connectivity index (χ1) is 17.3. The lowest BCUT2D eigenvalue weighted by atomic mass is 9.95. The second-order valence-corrected chi connectivity index (χ2v) is 9.54. The van der Waals surface area contributed by atoms with Crippen LogP contribution in [-0.4, -0.2) is 47.8 Å². The summed E-state index contributed by atoms with van der Waals surface area (Å²) in [5, 5.41) is 5.52. The number of benzene rings is 2. The van der Waals surface area contributed by atoms with Gasteiger partial charge < -0.3 is 15.0 Å². The van der Waals surface area contributed by atoms with Crippen molar-refractivity contribution in [3.05, 3.63) is 97.6 Å². The number of thiazole rings is 1. The summed E-state index contributed by atoms with van der Waals surface area (Å²) in [6, 6.07) is 8.47. The lowest BCUT2D eigenvalue weighted by Crippen LogP contribution is -2.40. The van der Waals surface area contributed by atoms with Crippen LogP contribution in [0.5, 0.6) is 0 Å². The Labute approximate surface area is 218 Å². The number of hydrogen-bond acceptors (Lipinski definition) is 7. The molecule has 186 valence electrons. The van der Waals surface area contributed by atoms with Crippen LogP contribution >= 0.6 is 27.3 Å². The summed E-state index contributed by atoms with van der Waals surface area (Å²) in [6.07, 6.45) is 1.63. The van der Waals surface area contributed by atoms with Gasteiger partial charge in [0.15, 0.2) is 10.8 Å². The van der Waals surface area contributed by atoms with Crippen molar-refractivity contribution in [3.8, 4) is 0 Å². The normalized spacial score (nSPS) is 15.2. The first-order valence-electron chi connectivity index (χ1n) is 10.9. The van der Waals surface area contributed by atoms with Crippen LogP contribution in [0.15, 0.2) is 74.8 Å². The molecular formula is C25H21BrF2N4O3S. The molecule has 1 unspecified atom stereocenters. The summed E-state index contributed by atoms with van der Waals surface area (Å²) < 4.78 is 33.0. The number of halogens is 3. The van der Waals surface area contributed by atoms with Crippen LogP contribution in [0.25, 0.3) is 0 Å². The van der Waals surface area contributed by atoms with Crippen LogP contribution in [0, 0.1) is 11.6 Å². The third-order valence-corrected chi connectivity index (χ3v) is 6.81. The average Bonchev–Trinajstić information content (AvgIpc) is 3.39. The molecule has 1 N–H and O–H groups in total. The Morgan fingerprint density at radius 1 is 1.17 bits per heavy atom. The number of amidine groups is 1. The van der Waals surface area contributed by atoms with Gasteiger partial charge in [0.2, 0.25) is 0 Å². The Kier molecular flexibility index (Phi) is 7.90. The Hall–Kier alpha value is -3.44. The van der Waals surface area contributed by atoms with Crippen LogP contribution in [0.1, 0.15) is 33.9 Å². The number of likely N-dealkylation sites (N-methyl/N-ethyl adjacent to an activating group) is 1. The average molecular weight is 575 g/mol. The maximum Gasteiger partial charge on any atom is 0.338 e. The second kappa shape index (κ2) is 11.1. The molecule has 0 fully saturated rings. The fourth-order valence-electron chi connectivity index (χ4n) is 3.69. The maximum absolute atomic E-state index is 13.9. The molecule has 0 spiro atoms. The van der Waals surface area contributed by atoms with E-state index in [4.69, 9.17) is 9.73 Å². The Morgan fingerprint density at radius 3 is 2.53 bits per heavy atom. The number of hydrogen-bond donors (Lipinski definition) is 1. The molecule has 4 rings (SSSR count). The van der Waals surface area contributed by atoms with Crippen molar-refractivity contribution in [3.63, 3.8) is 0 Å². The zero-order valence-corrected chi connectivity index (χ0v) is 21.7. The number of ether oxygens (including phenoxy) is 1. The maximum atomic E-state index is 13.9. The highest BCUT2D eigenvalue weighted by atomic mass is 79.9. The number of nitrogens with zero attached hydrogens (tertiary/aromatic N) is 3. The SMILES string of the molecule is CCOC(=O)C1=C(CN(C)C(=O)c2ccc(F)cc2)NC(c2nccs2)=NC1c1ccc(F)cc1Br. The molecule has 0 saturated heterocycles. The predicted octanol–water partition coefficient (Wildman–Crippen LogP) is 4.86. The summed E-state index contributed by atoms with van der Waals surface area (Å²) in [4.78, 5) is 36.7. The number of esters is 1. The van der Waals surface area contributed by atoms with E-state index < -0.39 is 23.6 Å². The van der Waals surface area contributed by atoms with Gasteiger partial charge in [-0.2, -0.15) is 0 Å². The lowest BCUT2D eigenvalue weighted by molar-refractivity contribution is -0.139. The van der Waals surface area contributed by atoms with Crippen molar-refractivity contribution in [2.24, 2.45) is 4.99 Å². The summed E-state index contributed by atoms with van der Waals surface area (Å²) >= 11 is 4.73. The highest BCUT2D eigenvalue weighted by Gasteiger charge is 2.34. The van der Waals surface area contributed by atoms with E-state index in [1.807, 2.05) is 0 Å². The van der Waals surface area contributed by atoms with Crippen LogP contribution < -0.4 is 5.32 Å². The van der Waals surface area contributed by atoms with Gasteiger partial charge in [0.1, 0.15) is 17.7 Å². The summed E-state index contributed by atoms with van der Waals surface area (Å²) in [6.45, 7) is 1.80. The predicted molar refractivity (Wildman–Crippen MR) is 136 cm³/mol. The molecule has 3 aromatic rings. The van der Waals surface area contributed by atoms with Gasteiger partial charge in [-0.1, -0.05) is 22.0 Å².